The highest BCUT2D eigenvalue weighted by Crippen LogP contribution is 2.36. The maximum atomic E-state index is 14.7. The molecule has 0 saturated heterocycles. The molecule has 0 unspecified atom stereocenters. The normalized spacial score (nSPS) is 11.6. The van der Waals surface area contributed by atoms with Gasteiger partial charge < -0.3 is 19.9 Å². The van der Waals surface area contributed by atoms with E-state index in [-0.39, 0.29) is 17.6 Å². The molecule has 3 N–H and O–H groups in total. The van der Waals surface area contributed by atoms with Gasteiger partial charge in [0.2, 0.25) is 5.91 Å². The van der Waals surface area contributed by atoms with Crippen LogP contribution in [0, 0.1) is 11.7 Å². The molecule has 4 heterocycles. The number of H-pyrrole nitrogens is 2. The Morgan fingerprint density at radius 3 is 2.59 bits per heavy atom. The number of halogens is 1. The van der Waals surface area contributed by atoms with Crippen molar-refractivity contribution in [3.8, 4) is 39.4 Å². The first-order chi connectivity index (χ1) is 21.2. The molecule has 0 aliphatic carbocycles. The highest BCUT2D eigenvalue weighted by molar-refractivity contribution is 6.01. The first kappa shape index (κ1) is 29.0. The minimum absolute atomic E-state index is 0.0366. The minimum atomic E-state index is -0.376. The zero-order chi connectivity index (χ0) is 30.8. The van der Waals surface area contributed by atoms with Gasteiger partial charge >= 0.3 is 0 Å². The quantitative estimate of drug-likeness (QED) is 0.160. The van der Waals surface area contributed by atoms with Crippen molar-refractivity contribution >= 4 is 33.4 Å². The van der Waals surface area contributed by atoms with Gasteiger partial charge in [-0.15, -0.1) is 0 Å². The second kappa shape index (κ2) is 12.3. The van der Waals surface area contributed by atoms with Gasteiger partial charge in [-0.2, -0.15) is 5.10 Å². The number of aromatic amines is 2. The van der Waals surface area contributed by atoms with Crippen molar-refractivity contribution in [1.29, 1.82) is 0 Å². The monoisotopic (exact) mass is 591 g/mol. The molecule has 0 bridgehead atoms. The Morgan fingerprint density at radius 2 is 1.77 bits per heavy atom. The summed E-state index contributed by atoms with van der Waals surface area (Å²) < 4.78 is 20.5. The molecule has 0 aliphatic heterocycles. The first-order valence-corrected chi connectivity index (χ1v) is 14.5. The predicted molar refractivity (Wildman–Crippen MR) is 172 cm³/mol. The molecule has 0 fully saturated rings. The molecular weight excluding hydrogens is 557 g/mol. The number of benzene rings is 2. The molecule has 0 aliphatic rings. The van der Waals surface area contributed by atoms with Crippen molar-refractivity contribution < 1.29 is 13.9 Å². The van der Waals surface area contributed by atoms with Crippen LogP contribution < -0.4 is 10.1 Å². The lowest BCUT2D eigenvalue weighted by Gasteiger charge is -2.12. The summed E-state index contributed by atoms with van der Waals surface area (Å²) in [7, 11) is 3.93. The highest BCUT2D eigenvalue weighted by atomic mass is 19.1. The zero-order valence-corrected chi connectivity index (χ0v) is 25.1. The average molecular weight is 592 g/mol. The smallest absolute Gasteiger partial charge is 0.224 e. The number of nitrogens with one attached hydrogen (secondary N) is 3. The number of aromatic nitrogens is 5. The Hall–Kier alpha value is -5.09. The molecule has 0 radical (unpaired) electrons. The summed E-state index contributed by atoms with van der Waals surface area (Å²) in [6.45, 7) is 5.20. The molecule has 2 aromatic carbocycles. The number of rotatable bonds is 10. The van der Waals surface area contributed by atoms with Crippen LogP contribution in [0.15, 0.2) is 73.3 Å². The van der Waals surface area contributed by atoms with Gasteiger partial charge in [0.25, 0.3) is 0 Å². The number of fused-ring (bicyclic) bond motifs is 2. The predicted octanol–water partition coefficient (Wildman–Crippen LogP) is 6.90. The lowest BCUT2D eigenvalue weighted by atomic mass is 10.0. The standard InChI is InChI=1S/C34H34FN7O2/c1-20(2)9-33(43)38-25-11-23(16-36-17-25)21-5-6-30-28(13-21)34(41-40-30)31-15-27-29(18-37-19-32(27)39-31)22-10-24(35)14-26(12-22)44-8-7-42(3)4/h5-6,10-20,39H,7-9H2,1-4H3,(H,38,43)(H,40,41). The lowest BCUT2D eigenvalue weighted by molar-refractivity contribution is -0.116. The topological polar surface area (TPSA) is 112 Å². The van der Waals surface area contributed by atoms with Crippen LogP contribution in [0.2, 0.25) is 0 Å². The largest absolute Gasteiger partial charge is 0.492 e. The van der Waals surface area contributed by atoms with Crippen LogP contribution in [0.3, 0.4) is 0 Å². The fourth-order valence-electron chi connectivity index (χ4n) is 5.20. The number of ether oxygens (including phenoxy) is 1. The molecule has 0 saturated carbocycles. The molecule has 9 nitrogen and oxygen atoms in total. The van der Waals surface area contributed by atoms with Gasteiger partial charge in [-0.25, -0.2) is 4.39 Å². The Balaban J connectivity index is 1.33. The number of anilines is 1. The summed E-state index contributed by atoms with van der Waals surface area (Å²) in [5, 5.41) is 12.5. The Kier molecular flexibility index (Phi) is 8.08. The fourth-order valence-corrected chi connectivity index (χ4v) is 5.20. The minimum Gasteiger partial charge on any atom is -0.492 e. The molecule has 6 aromatic rings. The number of likely N-dealkylation sites (N-methyl/N-ethyl adjacent to an activating group) is 1. The van der Waals surface area contributed by atoms with Crippen molar-refractivity contribution in [2.24, 2.45) is 5.92 Å². The second-order valence-corrected chi connectivity index (χ2v) is 11.6. The van der Waals surface area contributed by atoms with Gasteiger partial charge in [0.1, 0.15) is 23.9 Å². The van der Waals surface area contributed by atoms with Gasteiger partial charge in [-0.1, -0.05) is 19.9 Å². The third-order valence-electron chi connectivity index (χ3n) is 7.30. The van der Waals surface area contributed by atoms with Gasteiger partial charge in [0, 0.05) is 53.3 Å². The van der Waals surface area contributed by atoms with Crippen LogP contribution >= 0.6 is 0 Å². The second-order valence-electron chi connectivity index (χ2n) is 11.6. The molecule has 4 aromatic heterocycles. The summed E-state index contributed by atoms with van der Waals surface area (Å²) in [5.41, 5.74) is 7.14. The van der Waals surface area contributed by atoms with Gasteiger partial charge in [-0.3, -0.25) is 19.9 Å². The third-order valence-corrected chi connectivity index (χ3v) is 7.30. The Bertz CT molecular complexity index is 1960. The van der Waals surface area contributed by atoms with Crippen molar-refractivity contribution in [2.75, 3.05) is 32.6 Å². The van der Waals surface area contributed by atoms with Gasteiger partial charge in [-0.05, 0) is 67.5 Å². The number of pyridine rings is 2. The molecule has 0 atom stereocenters. The van der Waals surface area contributed by atoms with E-state index >= 15 is 0 Å². The number of nitrogens with zero attached hydrogens (tertiary/aromatic N) is 4. The van der Waals surface area contributed by atoms with Gasteiger partial charge in [0.15, 0.2) is 0 Å². The number of hydrogen-bond acceptors (Lipinski definition) is 6. The Morgan fingerprint density at radius 1 is 0.932 bits per heavy atom. The van der Waals surface area contributed by atoms with E-state index in [9.17, 15) is 9.18 Å². The fraction of sp³-hybridized carbons (Fsp3) is 0.235. The molecular formula is C34H34FN7O2. The molecule has 224 valence electrons. The van der Waals surface area contributed by atoms with E-state index < -0.39 is 0 Å². The summed E-state index contributed by atoms with van der Waals surface area (Å²) in [6, 6.07) is 14.7. The van der Waals surface area contributed by atoms with E-state index in [1.165, 1.54) is 12.1 Å². The zero-order valence-electron chi connectivity index (χ0n) is 25.1. The van der Waals surface area contributed by atoms with Crippen LogP contribution in [0.5, 0.6) is 5.75 Å². The molecule has 10 heteroatoms. The number of hydrogen-bond donors (Lipinski definition) is 3. The summed E-state index contributed by atoms with van der Waals surface area (Å²) >= 11 is 0. The van der Waals surface area contributed by atoms with E-state index in [4.69, 9.17) is 4.74 Å². The number of carbonyl (C=O) groups excluding carboxylic acids is 1. The Labute approximate surface area is 254 Å². The summed E-state index contributed by atoms with van der Waals surface area (Å²) in [4.78, 5) is 26.5. The maximum Gasteiger partial charge on any atom is 0.224 e. The van der Waals surface area contributed by atoms with Crippen molar-refractivity contribution in [3.63, 3.8) is 0 Å². The van der Waals surface area contributed by atoms with Crippen LogP contribution in [0.1, 0.15) is 20.3 Å². The first-order valence-electron chi connectivity index (χ1n) is 14.5. The van der Waals surface area contributed by atoms with Crippen molar-refractivity contribution in [2.45, 2.75) is 20.3 Å². The van der Waals surface area contributed by atoms with Crippen molar-refractivity contribution in [3.05, 3.63) is 79.1 Å². The maximum absolute atomic E-state index is 14.7. The van der Waals surface area contributed by atoms with E-state index in [2.05, 4.69) is 36.5 Å². The summed E-state index contributed by atoms with van der Waals surface area (Å²) in [6.07, 6.45) is 7.36. The van der Waals surface area contributed by atoms with E-state index in [1.807, 2.05) is 63.2 Å². The number of amides is 1. The van der Waals surface area contributed by atoms with E-state index in [1.54, 1.807) is 24.8 Å². The van der Waals surface area contributed by atoms with Crippen LogP contribution in [-0.4, -0.2) is 63.2 Å². The molecule has 44 heavy (non-hydrogen) atoms. The van der Waals surface area contributed by atoms with E-state index in [0.717, 1.165) is 56.4 Å². The lowest BCUT2D eigenvalue weighted by Crippen LogP contribution is -2.19. The third kappa shape index (κ3) is 6.30. The van der Waals surface area contributed by atoms with Crippen LogP contribution in [-0.2, 0) is 4.79 Å². The molecule has 0 spiro atoms. The number of carbonyl (C=O) groups is 1. The SMILES string of the molecule is CC(C)CC(=O)Nc1cncc(-c2ccc3[nH]nc(-c4cc5c(-c6cc(F)cc(OCCN(C)C)c6)cncc5[nH]4)c3c2)c1. The average Bonchev–Trinajstić information content (AvgIpc) is 3.60. The van der Waals surface area contributed by atoms with Crippen LogP contribution in [0.4, 0.5) is 10.1 Å². The van der Waals surface area contributed by atoms with Gasteiger partial charge in [0.05, 0.1) is 34.8 Å². The molecule has 1 amide bonds. The molecule has 6 rings (SSSR count). The van der Waals surface area contributed by atoms with Crippen molar-refractivity contribution in [1.82, 2.24) is 30.0 Å². The summed E-state index contributed by atoms with van der Waals surface area (Å²) in [5.74, 6) is 0.325. The highest BCUT2D eigenvalue weighted by Gasteiger charge is 2.16. The van der Waals surface area contributed by atoms with E-state index in [0.29, 0.717) is 30.0 Å². The van der Waals surface area contributed by atoms with Crippen LogP contribution in [0.25, 0.3) is 55.4 Å².